The average Bonchev–Trinajstić information content (AvgIpc) is 3.63. The third-order valence-corrected chi connectivity index (χ3v) is 6.53. The first-order chi connectivity index (χ1) is 16.9. The van der Waals surface area contributed by atoms with E-state index in [0.717, 1.165) is 11.4 Å². The molecule has 5 aromatic rings. The van der Waals surface area contributed by atoms with Crippen LogP contribution >= 0.6 is 11.6 Å². The molecule has 6 rings (SSSR count). The Morgan fingerprint density at radius 3 is 2.86 bits per heavy atom. The number of halogens is 2. The van der Waals surface area contributed by atoms with Crippen molar-refractivity contribution in [1.82, 2.24) is 49.5 Å². The molecule has 4 aromatic heterocycles. The molecule has 1 N–H and O–H groups in total. The number of nitrogens with one attached hydrogen (secondary N) is 1. The Morgan fingerprint density at radius 1 is 1.26 bits per heavy atom. The molecule has 1 aliphatic rings. The largest absolute Gasteiger partial charge is 0.339 e. The lowest BCUT2D eigenvalue weighted by Crippen LogP contribution is -2.25. The number of aromatic nitrogens is 10. The topological polar surface area (TPSA) is 125 Å². The molecule has 0 radical (unpaired) electrons. The quantitative estimate of drug-likeness (QED) is 0.409. The SMILES string of the molecule is C[C@@H]1C[C@@H](c2ncc(-c3ccnn3C)[nH]2)n2c1nc(-c1c(-n3cnnn3)ccc(Cl)c1F)cc2=O. The van der Waals surface area contributed by atoms with Crippen LogP contribution < -0.4 is 5.56 Å². The van der Waals surface area contributed by atoms with Crippen molar-refractivity contribution in [3.05, 3.63) is 75.8 Å². The van der Waals surface area contributed by atoms with E-state index >= 15 is 4.39 Å². The summed E-state index contributed by atoms with van der Waals surface area (Å²) in [5.74, 6) is 0.409. The van der Waals surface area contributed by atoms with Gasteiger partial charge in [-0.15, -0.1) is 5.10 Å². The number of tetrazole rings is 1. The van der Waals surface area contributed by atoms with Gasteiger partial charge in [-0.2, -0.15) is 9.78 Å². The van der Waals surface area contributed by atoms with E-state index in [1.165, 1.54) is 23.1 Å². The third-order valence-electron chi connectivity index (χ3n) is 6.24. The molecule has 0 unspecified atom stereocenters. The molecule has 13 heteroatoms. The van der Waals surface area contributed by atoms with Crippen LogP contribution in [0.4, 0.5) is 4.39 Å². The number of hydrogen-bond donors (Lipinski definition) is 1. The Labute approximate surface area is 202 Å². The summed E-state index contributed by atoms with van der Waals surface area (Å²) in [4.78, 5) is 25.9. The number of aryl methyl sites for hydroxylation is 1. The first-order valence-electron chi connectivity index (χ1n) is 10.8. The van der Waals surface area contributed by atoms with Crippen molar-refractivity contribution in [2.45, 2.75) is 25.3 Å². The summed E-state index contributed by atoms with van der Waals surface area (Å²) < 4.78 is 19.9. The molecule has 1 aliphatic heterocycles. The van der Waals surface area contributed by atoms with Crippen molar-refractivity contribution in [3.63, 3.8) is 0 Å². The summed E-state index contributed by atoms with van der Waals surface area (Å²) >= 11 is 6.08. The predicted octanol–water partition coefficient (Wildman–Crippen LogP) is 2.90. The summed E-state index contributed by atoms with van der Waals surface area (Å²) in [6.45, 7) is 1.98. The van der Waals surface area contributed by atoms with Gasteiger partial charge in [0.15, 0.2) is 5.82 Å². The lowest BCUT2D eigenvalue weighted by Gasteiger charge is -2.15. The van der Waals surface area contributed by atoms with Crippen LogP contribution in [-0.4, -0.2) is 49.5 Å². The molecule has 0 spiro atoms. The third kappa shape index (κ3) is 3.36. The van der Waals surface area contributed by atoms with Crippen molar-refractivity contribution in [3.8, 4) is 28.3 Å². The molecule has 5 heterocycles. The molecular formula is C22H18ClFN10O. The zero-order valence-electron chi connectivity index (χ0n) is 18.6. The maximum atomic E-state index is 15.2. The van der Waals surface area contributed by atoms with Gasteiger partial charge in [0.2, 0.25) is 0 Å². The summed E-state index contributed by atoms with van der Waals surface area (Å²) in [6, 6.07) is 5.84. The Hall–Kier alpha value is -4.19. The minimum Gasteiger partial charge on any atom is -0.339 e. The van der Waals surface area contributed by atoms with Gasteiger partial charge in [0.25, 0.3) is 5.56 Å². The zero-order valence-corrected chi connectivity index (χ0v) is 19.3. The number of H-pyrrole nitrogens is 1. The molecule has 176 valence electrons. The second kappa shape index (κ2) is 7.94. The van der Waals surface area contributed by atoms with Gasteiger partial charge in [-0.1, -0.05) is 18.5 Å². The normalized spacial score (nSPS) is 17.1. The number of benzene rings is 1. The fraction of sp³-hybridized carbons (Fsp3) is 0.227. The molecular weight excluding hydrogens is 475 g/mol. The molecule has 0 bridgehead atoms. The molecule has 11 nitrogen and oxygen atoms in total. The van der Waals surface area contributed by atoms with Gasteiger partial charge < -0.3 is 4.98 Å². The minimum absolute atomic E-state index is 0.0532. The maximum absolute atomic E-state index is 15.2. The van der Waals surface area contributed by atoms with E-state index in [1.54, 1.807) is 27.7 Å². The van der Waals surface area contributed by atoms with Gasteiger partial charge in [-0.25, -0.2) is 14.4 Å². The van der Waals surface area contributed by atoms with Crippen molar-refractivity contribution in [2.75, 3.05) is 0 Å². The van der Waals surface area contributed by atoms with E-state index in [1.807, 2.05) is 20.0 Å². The molecule has 0 saturated carbocycles. The fourth-order valence-electron chi connectivity index (χ4n) is 4.60. The van der Waals surface area contributed by atoms with Crippen LogP contribution in [0.25, 0.3) is 28.3 Å². The number of aromatic amines is 1. The standard InChI is InChI=1S/C22H18ClFN10O/c1-11-7-17(21-25-9-14(28-21)15-5-6-27-32(15)2)34-18(35)8-13(29-22(11)34)19-16(33-10-26-30-31-33)4-3-12(23)20(19)24/h3-6,8-11,17H,7H2,1-2H3,(H,25,28)/t11-,17+/m1/s1. The smallest absolute Gasteiger partial charge is 0.254 e. The van der Waals surface area contributed by atoms with Crippen LogP contribution in [0.1, 0.15) is 37.0 Å². The fourth-order valence-corrected chi connectivity index (χ4v) is 4.76. The van der Waals surface area contributed by atoms with Crippen LogP contribution in [0.2, 0.25) is 5.02 Å². The van der Waals surface area contributed by atoms with E-state index in [2.05, 4.69) is 30.6 Å². The van der Waals surface area contributed by atoms with Crippen LogP contribution in [-0.2, 0) is 7.05 Å². The first kappa shape index (κ1) is 21.4. The van der Waals surface area contributed by atoms with Gasteiger partial charge >= 0.3 is 0 Å². The number of hydrogen-bond acceptors (Lipinski definition) is 7. The maximum Gasteiger partial charge on any atom is 0.254 e. The number of imidazole rings is 1. The molecule has 0 fully saturated rings. The van der Waals surface area contributed by atoms with Gasteiger partial charge in [0.1, 0.15) is 18.0 Å². The van der Waals surface area contributed by atoms with Gasteiger partial charge in [0, 0.05) is 25.2 Å². The second-order valence-electron chi connectivity index (χ2n) is 8.39. The number of rotatable bonds is 4. The van der Waals surface area contributed by atoms with E-state index in [0.29, 0.717) is 23.8 Å². The Morgan fingerprint density at radius 2 is 2.11 bits per heavy atom. The zero-order chi connectivity index (χ0) is 24.3. The van der Waals surface area contributed by atoms with Gasteiger partial charge in [-0.3, -0.25) is 14.0 Å². The van der Waals surface area contributed by atoms with Gasteiger partial charge in [-0.05, 0) is 35.0 Å². The van der Waals surface area contributed by atoms with Crippen LogP contribution in [0.3, 0.4) is 0 Å². The van der Waals surface area contributed by atoms with Crippen LogP contribution in [0, 0.1) is 5.82 Å². The molecule has 35 heavy (non-hydrogen) atoms. The lowest BCUT2D eigenvalue weighted by molar-refractivity contribution is 0.555. The van der Waals surface area contributed by atoms with Crippen LogP contribution in [0.5, 0.6) is 0 Å². The highest BCUT2D eigenvalue weighted by atomic mass is 35.5. The van der Waals surface area contributed by atoms with Crippen molar-refractivity contribution in [2.24, 2.45) is 7.05 Å². The summed E-state index contributed by atoms with van der Waals surface area (Å²) in [5.41, 5.74) is 1.89. The highest BCUT2D eigenvalue weighted by Gasteiger charge is 2.34. The van der Waals surface area contributed by atoms with Crippen molar-refractivity contribution >= 4 is 11.6 Å². The van der Waals surface area contributed by atoms with E-state index in [9.17, 15) is 4.79 Å². The lowest BCUT2D eigenvalue weighted by atomic mass is 10.1. The Kier molecular flexibility index (Phi) is 4.85. The minimum atomic E-state index is -0.703. The predicted molar refractivity (Wildman–Crippen MR) is 124 cm³/mol. The number of nitrogens with zero attached hydrogens (tertiary/aromatic N) is 9. The van der Waals surface area contributed by atoms with E-state index in [4.69, 9.17) is 16.6 Å². The summed E-state index contributed by atoms with van der Waals surface area (Å²) in [7, 11) is 1.84. The second-order valence-corrected chi connectivity index (χ2v) is 8.80. The molecule has 0 amide bonds. The van der Waals surface area contributed by atoms with Crippen molar-refractivity contribution in [1.29, 1.82) is 0 Å². The summed E-state index contributed by atoms with van der Waals surface area (Å²) in [6.07, 6.45) is 5.38. The molecule has 0 aliphatic carbocycles. The first-order valence-corrected chi connectivity index (χ1v) is 11.2. The number of fused-ring (bicyclic) bond motifs is 1. The summed E-state index contributed by atoms with van der Waals surface area (Å²) in [5, 5.41) is 15.2. The van der Waals surface area contributed by atoms with E-state index in [-0.39, 0.29) is 33.8 Å². The molecule has 0 saturated heterocycles. The van der Waals surface area contributed by atoms with Crippen LogP contribution in [0.15, 0.2) is 47.8 Å². The van der Waals surface area contributed by atoms with Gasteiger partial charge in [0.05, 0.1) is 45.6 Å². The van der Waals surface area contributed by atoms with E-state index < -0.39 is 5.82 Å². The Balaban J connectivity index is 1.47. The molecule has 2 atom stereocenters. The van der Waals surface area contributed by atoms with Crippen molar-refractivity contribution < 1.29 is 4.39 Å². The highest BCUT2D eigenvalue weighted by Crippen LogP contribution is 2.39. The molecule has 1 aromatic carbocycles. The Bertz CT molecular complexity index is 1620. The average molecular weight is 493 g/mol. The monoisotopic (exact) mass is 492 g/mol. The highest BCUT2D eigenvalue weighted by molar-refractivity contribution is 6.31.